The zero-order chi connectivity index (χ0) is 0. The Hall–Kier alpha value is 0.750. The zero-order valence-electron chi connectivity index (χ0n) is 1.76. The van der Waals surface area contributed by atoms with Crippen LogP contribution in [0.2, 0.25) is 0 Å². The maximum atomic E-state index is 0. The van der Waals surface area contributed by atoms with Crippen LogP contribution in [0.25, 0.3) is 0 Å². The molecule has 0 atom stereocenters. The van der Waals surface area contributed by atoms with Crippen LogP contribution in [0.3, 0.4) is 0 Å². The van der Waals surface area contributed by atoms with Crippen LogP contribution in [0, 0.1) is 0 Å². The quantitative estimate of drug-likeness (QED) is 0.486. The van der Waals surface area contributed by atoms with Crippen LogP contribution in [0.5, 0.6) is 0 Å². The Bertz CT molecular complexity index is 6.00. The van der Waals surface area contributed by atoms with Crippen molar-refractivity contribution in [2.45, 2.75) is 0 Å². The number of rotatable bonds is 0. The molecular weight excluding hydrogens is 224 g/mol. The van der Waals surface area contributed by atoms with Gasteiger partial charge in [-0.2, -0.15) is 0 Å². The SMILES string of the molecule is [Hf+4].[N].[O-2].[O-2]. The van der Waals surface area contributed by atoms with Gasteiger partial charge in [0.2, 0.25) is 0 Å². The Balaban J connectivity index is 0. The normalized spacial score (nSPS) is 0. The van der Waals surface area contributed by atoms with Gasteiger partial charge in [-0.05, 0) is 0 Å². The van der Waals surface area contributed by atoms with E-state index in [0.717, 1.165) is 0 Å². The Labute approximate surface area is 43.4 Å². The van der Waals surface area contributed by atoms with Crippen molar-refractivity contribution in [1.82, 2.24) is 6.15 Å². The van der Waals surface area contributed by atoms with Gasteiger partial charge in [0.25, 0.3) is 0 Å². The molecule has 0 fully saturated rings. The van der Waals surface area contributed by atoms with Crippen LogP contribution in [-0.2, 0) is 36.8 Å². The molecule has 0 saturated heterocycles. The van der Waals surface area contributed by atoms with Gasteiger partial charge in [0.05, 0.1) is 0 Å². The van der Waals surface area contributed by atoms with Crippen molar-refractivity contribution < 1.29 is 36.8 Å². The van der Waals surface area contributed by atoms with Crippen molar-refractivity contribution in [3.8, 4) is 0 Å². The van der Waals surface area contributed by atoms with Gasteiger partial charge in [-0.3, -0.25) is 0 Å². The van der Waals surface area contributed by atoms with Crippen molar-refractivity contribution in [2.24, 2.45) is 0 Å². The number of hydrogen-bond acceptors (Lipinski definition) is 0. The summed E-state index contributed by atoms with van der Waals surface area (Å²) in [6, 6.07) is 0. The Kier molecular flexibility index (Phi) is 1500. The summed E-state index contributed by atoms with van der Waals surface area (Å²) in [5, 5.41) is 0. The third kappa shape index (κ3) is 15.0. The van der Waals surface area contributed by atoms with Crippen LogP contribution in [0.4, 0.5) is 0 Å². The van der Waals surface area contributed by atoms with Crippen LogP contribution in [0.15, 0.2) is 0 Å². The number of hydrogen-bond donors (Lipinski definition) is 0. The van der Waals surface area contributed by atoms with E-state index in [0.29, 0.717) is 0 Å². The Morgan fingerprint density at radius 1 is 0.750 bits per heavy atom. The summed E-state index contributed by atoms with van der Waals surface area (Å²) in [6.45, 7) is 0. The maximum Gasteiger partial charge on any atom is 4.00 e. The molecule has 0 aliphatic carbocycles. The molecule has 3 nitrogen and oxygen atoms in total. The fraction of sp³-hybridized carbons (Fsp3) is 0. The molecular formula is HfNO2. The molecule has 0 saturated carbocycles. The molecule has 0 aromatic heterocycles. The predicted octanol–water partition coefficient (Wildman–Crippen LogP) is -0.721. The number of nitrogens with zero attached hydrogens (tertiary/aromatic N) is 1. The predicted molar refractivity (Wildman–Crippen MR) is 3.51 cm³/mol. The van der Waals surface area contributed by atoms with Gasteiger partial charge in [-0.25, -0.2) is 0 Å². The van der Waals surface area contributed by atoms with E-state index >= 15 is 0 Å². The standard InChI is InChI=1S/Hf.N.2O/q+4;;2*-2. The van der Waals surface area contributed by atoms with Gasteiger partial charge in [-0.1, -0.05) is 0 Å². The summed E-state index contributed by atoms with van der Waals surface area (Å²) < 4.78 is 0. The first-order valence-electron chi connectivity index (χ1n) is 0. The van der Waals surface area contributed by atoms with E-state index in [2.05, 4.69) is 0 Å². The van der Waals surface area contributed by atoms with Crippen LogP contribution in [0.1, 0.15) is 0 Å². The molecule has 0 aromatic carbocycles. The molecule has 0 aliphatic rings. The second-order valence-corrected chi connectivity index (χ2v) is 0. The Morgan fingerprint density at radius 3 is 0.750 bits per heavy atom. The molecule has 0 aliphatic heterocycles. The second kappa shape index (κ2) is 50.4. The van der Waals surface area contributed by atoms with E-state index in [9.17, 15) is 0 Å². The van der Waals surface area contributed by atoms with Crippen molar-refractivity contribution in [2.75, 3.05) is 0 Å². The summed E-state index contributed by atoms with van der Waals surface area (Å²) in [4.78, 5) is 0. The molecule has 0 amide bonds. The molecule has 0 N–H and O–H groups in total. The zero-order valence-corrected chi connectivity index (χ0v) is 5.36. The molecule has 3 radical (unpaired) electrons. The average molecular weight is 224 g/mol. The summed E-state index contributed by atoms with van der Waals surface area (Å²) >= 11 is 0. The van der Waals surface area contributed by atoms with Crippen molar-refractivity contribution in [3.05, 3.63) is 0 Å². The molecule has 0 bridgehead atoms. The monoisotopic (exact) mass is 226 g/mol. The summed E-state index contributed by atoms with van der Waals surface area (Å²) in [5.41, 5.74) is 0. The third-order valence-electron chi connectivity index (χ3n) is 0. The van der Waals surface area contributed by atoms with Crippen molar-refractivity contribution >= 4 is 0 Å². The molecule has 0 unspecified atom stereocenters. The van der Waals surface area contributed by atoms with E-state index in [1.165, 1.54) is 0 Å². The fourth-order valence-corrected chi connectivity index (χ4v) is 0. The van der Waals surface area contributed by atoms with Gasteiger partial charge >= 0.3 is 25.8 Å². The maximum absolute atomic E-state index is 0. The van der Waals surface area contributed by atoms with E-state index in [-0.39, 0.29) is 42.9 Å². The van der Waals surface area contributed by atoms with Crippen molar-refractivity contribution in [1.29, 1.82) is 0 Å². The molecule has 4 heavy (non-hydrogen) atoms. The first-order valence-corrected chi connectivity index (χ1v) is 0. The molecule has 0 heterocycles. The van der Waals surface area contributed by atoms with Gasteiger partial charge in [-0.15, -0.1) is 0 Å². The minimum atomic E-state index is 0. The van der Waals surface area contributed by atoms with Gasteiger partial charge in [0, 0.05) is 6.15 Å². The third-order valence-corrected chi connectivity index (χ3v) is 0. The fourth-order valence-electron chi connectivity index (χ4n) is 0. The van der Waals surface area contributed by atoms with Gasteiger partial charge in [0.1, 0.15) is 0 Å². The molecule has 21 valence electrons. The molecule has 0 rings (SSSR count). The summed E-state index contributed by atoms with van der Waals surface area (Å²) in [5.74, 6) is 0. The van der Waals surface area contributed by atoms with E-state index < -0.39 is 0 Å². The largest absolute Gasteiger partial charge is 4.00 e. The van der Waals surface area contributed by atoms with Crippen molar-refractivity contribution in [3.63, 3.8) is 0 Å². The second-order valence-electron chi connectivity index (χ2n) is 0. The summed E-state index contributed by atoms with van der Waals surface area (Å²) in [6.07, 6.45) is 0. The molecule has 4 heteroatoms. The van der Waals surface area contributed by atoms with E-state index in [1.807, 2.05) is 0 Å². The van der Waals surface area contributed by atoms with Crippen LogP contribution in [-0.4, -0.2) is 0 Å². The topological polar surface area (TPSA) is 87.5 Å². The minimum absolute atomic E-state index is 0. The van der Waals surface area contributed by atoms with Gasteiger partial charge < -0.3 is 11.0 Å². The molecule has 0 spiro atoms. The van der Waals surface area contributed by atoms with Crippen LogP contribution >= 0.6 is 0 Å². The summed E-state index contributed by atoms with van der Waals surface area (Å²) in [7, 11) is 0. The van der Waals surface area contributed by atoms with E-state index in [4.69, 9.17) is 0 Å². The average Bonchev–Trinajstić information content (AvgIpc) is 0. The minimum Gasteiger partial charge on any atom is -2.00 e. The van der Waals surface area contributed by atoms with Crippen LogP contribution < -0.4 is 6.15 Å². The van der Waals surface area contributed by atoms with Gasteiger partial charge in [0.15, 0.2) is 0 Å². The smallest absolute Gasteiger partial charge is 2.00 e. The van der Waals surface area contributed by atoms with E-state index in [1.54, 1.807) is 0 Å². The molecule has 0 aromatic rings. The first-order chi connectivity index (χ1) is 0. The Morgan fingerprint density at radius 2 is 0.750 bits per heavy atom. The first kappa shape index (κ1) is 119.